The minimum Gasteiger partial charge on any atom is -0.507 e. The van der Waals surface area contributed by atoms with Gasteiger partial charge in [0.15, 0.2) is 5.76 Å². The number of aryl methyl sites for hydroxylation is 1. The summed E-state index contributed by atoms with van der Waals surface area (Å²) in [7, 11) is 0. The second-order valence-electron chi connectivity index (χ2n) is 7.44. The smallest absolute Gasteiger partial charge is 0.232 e. The Morgan fingerprint density at radius 1 is 1.11 bits per heavy atom. The van der Waals surface area contributed by atoms with E-state index in [4.69, 9.17) is 4.74 Å². The van der Waals surface area contributed by atoms with Crippen molar-refractivity contribution in [2.45, 2.75) is 39.2 Å². The number of rotatable bonds is 3. The van der Waals surface area contributed by atoms with Crippen molar-refractivity contribution in [2.24, 2.45) is 0 Å². The van der Waals surface area contributed by atoms with Crippen LogP contribution in [0.3, 0.4) is 0 Å². The van der Waals surface area contributed by atoms with Crippen molar-refractivity contribution < 1.29 is 14.6 Å². The normalized spacial score (nSPS) is 19.0. The van der Waals surface area contributed by atoms with Crippen molar-refractivity contribution in [1.82, 2.24) is 4.90 Å². The van der Waals surface area contributed by atoms with Gasteiger partial charge in [0, 0.05) is 6.54 Å². The molecule has 2 heterocycles. The minimum atomic E-state index is -0.108. The zero-order chi connectivity index (χ0) is 18.8. The van der Waals surface area contributed by atoms with Crippen LogP contribution in [0.15, 0.2) is 42.2 Å². The van der Waals surface area contributed by atoms with Crippen molar-refractivity contribution in [1.29, 1.82) is 0 Å². The third kappa shape index (κ3) is 3.62. The number of allylic oxidation sites excluding steroid dienone is 1. The number of benzene rings is 2. The molecule has 1 N–H and O–H groups in total. The molecule has 27 heavy (non-hydrogen) atoms. The fraction of sp³-hybridized carbons (Fsp3) is 0.348. The van der Waals surface area contributed by atoms with Crippen molar-refractivity contribution >= 4 is 11.9 Å². The average Bonchev–Trinajstić information content (AvgIpc) is 2.83. The number of carbonyl (C=O) groups is 1. The van der Waals surface area contributed by atoms with Crippen molar-refractivity contribution in [2.75, 3.05) is 13.1 Å². The van der Waals surface area contributed by atoms with Gasteiger partial charge in [0.25, 0.3) is 0 Å². The fourth-order valence-corrected chi connectivity index (χ4v) is 3.95. The molecule has 2 aromatic rings. The number of likely N-dealkylation sites (tertiary alicyclic amines) is 1. The van der Waals surface area contributed by atoms with E-state index in [1.54, 1.807) is 12.1 Å². The summed E-state index contributed by atoms with van der Waals surface area (Å²) in [5.41, 5.74) is 2.98. The summed E-state index contributed by atoms with van der Waals surface area (Å²) in [6.07, 6.45) is 6.64. The zero-order valence-corrected chi connectivity index (χ0v) is 15.7. The average molecular weight is 363 g/mol. The zero-order valence-electron chi connectivity index (χ0n) is 15.7. The van der Waals surface area contributed by atoms with Crippen LogP contribution in [0, 0.1) is 6.92 Å². The lowest BCUT2D eigenvalue weighted by molar-refractivity contribution is 0.101. The Morgan fingerprint density at radius 2 is 1.81 bits per heavy atom. The van der Waals surface area contributed by atoms with Gasteiger partial charge in [-0.2, -0.15) is 0 Å². The van der Waals surface area contributed by atoms with E-state index in [1.807, 2.05) is 37.3 Å². The molecule has 4 nitrogen and oxygen atoms in total. The number of Topliss-reactive ketones (excluding diaryl/α,β-unsaturated/α-hetero) is 1. The number of hydrogen-bond donors (Lipinski definition) is 1. The molecule has 4 rings (SSSR count). The summed E-state index contributed by atoms with van der Waals surface area (Å²) >= 11 is 0. The highest BCUT2D eigenvalue weighted by Crippen LogP contribution is 2.42. The molecule has 0 radical (unpaired) electrons. The molecule has 2 aliphatic rings. The largest absolute Gasteiger partial charge is 0.507 e. The molecule has 1 saturated heterocycles. The van der Waals surface area contributed by atoms with Crippen LogP contribution in [0.4, 0.5) is 0 Å². The second-order valence-corrected chi connectivity index (χ2v) is 7.44. The van der Waals surface area contributed by atoms with E-state index < -0.39 is 0 Å². The molecule has 4 heteroatoms. The number of hydrogen-bond acceptors (Lipinski definition) is 4. The van der Waals surface area contributed by atoms with Gasteiger partial charge in [0.05, 0.1) is 11.1 Å². The number of ether oxygens (including phenoxy) is 1. The number of ketones is 1. The first kappa shape index (κ1) is 17.8. The molecule has 1 fully saturated rings. The maximum Gasteiger partial charge on any atom is 0.232 e. The van der Waals surface area contributed by atoms with Crippen LogP contribution in [0.2, 0.25) is 0 Å². The summed E-state index contributed by atoms with van der Waals surface area (Å²) in [5.74, 6) is 0.957. The van der Waals surface area contributed by atoms with E-state index >= 15 is 0 Å². The number of phenolic OH excluding ortho intramolecular Hbond substituents is 1. The summed E-state index contributed by atoms with van der Waals surface area (Å²) in [6, 6.07) is 11.4. The SMILES string of the molecule is Cc1cc(O)c(CN2CCCCCC2)c2c1C(=O)/C(=C/c1ccccc1)O2. The molecule has 0 aliphatic carbocycles. The minimum absolute atomic E-state index is 0.108. The van der Waals surface area contributed by atoms with E-state index in [0.29, 0.717) is 23.6 Å². The number of nitrogens with zero attached hydrogens (tertiary/aromatic N) is 1. The molecule has 0 spiro atoms. The Hall–Kier alpha value is -2.59. The van der Waals surface area contributed by atoms with Gasteiger partial charge in [-0.1, -0.05) is 43.2 Å². The molecule has 140 valence electrons. The van der Waals surface area contributed by atoms with Gasteiger partial charge in [-0.15, -0.1) is 0 Å². The predicted octanol–water partition coefficient (Wildman–Crippen LogP) is 4.69. The van der Waals surface area contributed by atoms with Crippen molar-refractivity contribution in [3.63, 3.8) is 0 Å². The quantitative estimate of drug-likeness (QED) is 0.804. The van der Waals surface area contributed by atoms with Gasteiger partial charge in [0.1, 0.15) is 11.5 Å². The molecular formula is C23H25NO3. The summed E-state index contributed by atoms with van der Waals surface area (Å²) in [6.45, 7) is 4.49. The maximum atomic E-state index is 12.9. The highest BCUT2D eigenvalue weighted by atomic mass is 16.5. The van der Waals surface area contributed by atoms with Gasteiger partial charge in [-0.25, -0.2) is 0 Å². The summed E-state index contributed by atoms with van der Waals surface area (Å²) < 4.78 is 6.01. The van der Waals surface area contributed by atoms with Crippen LogP contribution >= 0.6 is 0 Å². The Balaban J connectivity index is 1.69. The van der Waals surface area contributed by atoms with E-state index in [2.05, 4.69) is 4.90 Å². The number of phenols is 1. The summed E-state index contributed by atoms with van der Waals surface area (Å²) in [4.78, 5) is 15.3. The number of carbonyl (C=O) groups excluding carboxylic acids is 1. The monoisotopic (exact) mass is 363 g/mol. The molecular weight excluding hydrogens is 338 g/mol. The summed E-state index contributed by atoms with van der Waals surface area (Å²) in [5, 5.41) is 10.6. The van der Waals surface area contributed by atoms with Crippen LogP contribution in [-0.2, 0) is 6.54 Å². The van der Waals surface area contributed by atoms with E-state index in [0.717, 1.165) is 29.8 Å². The van der Waals surface area contributed by atoms with Crippen LogP contribution < -0.4 is 4.74 Å². The first-order chi connectivity index (χ1) is 13.1. The van der Waals surface area contributed by atoms with Crippen molar-refractivity contribution in [3.05, 3.63) is 64.4 Å². The molecule has 0 amide bonds. The van der Waals surface area contributed by atoms with Gasteiger partial charge in [-0.05, 0) is 56.1 Å². The number of fused-ring (bicyclic) bond motifs is 1. The maximum absolute atomic E-state index is 12.9. The second kappa shape index (κ2) is 7.57. The topological polar surface area (TPSA) is 49.8 Å². The first-order valence-corrected chi connectivity index (χ1v) is 9.70. The van der Waals surface area contributed by atoms with Crippen LogP contribution in [-0.4, -0.2) is 28.9 Å². The number of aromatic hydroxyl groups is 1. The molecule has 2 aromatic carbocycles. The highest BCUT2D eigenvalue weighted by Gasteiger charge is 2.33. The lowest BCUT2D eigenvalue weighted by atomic mass is 9.99. The van der Waals surface area contributed by atoms with Gasteiger partial charge in [0.2, 0.25) is 5.78 Å². The molecule has 0 unspecified atom stereocenters. The molecule has 0 aromatic heterocycles. The van der Waals surface area contributed by atoms with Gasteiger partial charge >= 0.3 is 0 Å². The lowest BCUT2D eigenvalue weighted by Gasteiger charge is -2.21. The van der Waals surface area contributed by atoms with Gasteiger partial charge in [-0.3, -0.25) is 9.69 Å². The highest BCUT2D eigenvalue weighted by molar-refractivity contribution is 6.15. The van der Waals surface area contributed by atoms with E-state index in [-0.39, 0.29) is 11.5 Å². The van der Waals surface area contributed by atoms with Crippen LogP contribution in [0.1, 0.15) is 52.7 Å². The molecule has 0 saturated carbocycles. The third-order valence-corrected chi connectivity index (χ3v) is 5.40. The van der Waals surface area contributed by atoms with Crippen molar-refractivity contribution in [3.8, 4) is 11.5 Å². The van der Waals surface area contributed by atoms with E-state index in [1.165, 1.54) is 25.7 Å². The molecule has 0 bridgehead atoms. The Kier molecular flexibility index (Phi) is 4.99. The Labute approximate surface area is 160 Å². The lowest BCUT2D eigenvalue weighted by Crippen LogP contribution is -2.24. The van der Waals surface area contributed by atoms with Gasteiger partial charge < -0.3 is 9.84 Å². The molecule has 2 aliphatic heterocycles. The first-order valence-electron chi connectivity index (χ1n) is 9.70. The Bertz CT molecular complexity index is 878. The van der Waals surface area contributed by atoms with Crippen LogP contribution in [0.25, 0.3) is 6.08 Å². The standard InChI is InChI=1S/C23H25NO3/c1-16-13-19(25)18(15-24-11-7-2-3-8-12-24)23-21(16)22(26)20(27-23)14-17-9-5-4-6-10-17/h4-6,9-10,13-14,25H,2-3,7-8,11-12,15H2,1H3/b20-14-. The van der Waals surface area contributed by atoms with E-state index in [9.17, 15) is 9.90 Å². The third-order valence-electron chi connectivity index (χ3n) is 5.40. The Morgan fingerprint density at radius 3 is 2.52 bits per heavy atom. The molecule has 0 atom stereocenters. The van der Waals surface area contributed by atoms with Crippen LogP contribution in [0.5, 0.6) is 11.5 Å². The fourth-order valence-electron chi connectivity index (χ4n) is 3.95. The predicted molar refractivity (Wildman–Crippen MR) is 106 cm³/mol.